The van der Waals surface area contributed by atoms with E-state index in [1.165, 1.54) is 19.3 Å². The molecule has 0 heteroatoms. The molecule has 1 aliphatic rings. The van der Waals surface area contributed by atoms with E-state index in [0.717, 1.165) is 23.7 Å². The lowest BCUT2D eigenvalue weighted by Gasteiger charge is -2.33. The molecule has 1 unspecified atom stereocenters. The van der Waals surface area contributed by atoms with Crippen molar-refractivity contribution in [2.75, 3.05) is 0 Å². The highest BCUT2D eigenvalue weighted by molar-refractivity contribution is 4.76. The van der Waals surface area contributed by atoms with Crippen LogP contribution in [0.3, 0.4) is 0 Å². The second-order valence-electron chi connectivity index (χ2n) is 4.92. The van der Waals surface area contributed by atoms with Crippen molar-refractivity contribution in [2.45, 2.75) is 47.0 Å². The van der Waals surface area contributed by atoms with Crippen molar-refractivity contribution in [3.05, 3.63) is 0 Å². The van der Waals surface area contributed by atoms with Gasteiger partial charge in [-0.1, -0.05) is 27.7 Å². The molecule has 3 atom stereocenters. The van der Waals surface area contributed by atoms with Crippen molar-refractivity contribution in [1.82, 2.24) is 0 Å². The van der Waals surface area contributed by atoms with E-state index in [-0.39, 0.29) is 0 Å². The third-order valence-corrected chi connectivity index (χ3v) is 3.16. The Labute approximate surface area is 71.4 Å². The molecule has 0 aromatic carbocycles. The molecule has 11 heavy (non-hydrogen) atoms. The highest BCUT2D eigenvalue weighted by Crippen LogP contribution is 2.36. The number of rotatable bonds is 1. The van der Waals surface area contributed by atoms with Gasteiger partial charge in [-0.2, -0.15) is 0 Å². The van der Waals surface area contributed by atoms with Crippen molar-refractivity contribution in [3.63, 3.8) is 0 Å². The van der Waals surface area contributed by atoms with Gasteiger partial charge in [0, 0.05) is 0 Å². The van der Waals surface area contributed by atoms with Crippen LogP contribution in [0.2, 0.25) is 0 Å². The summed E-state index contributed by atoms with van der Waals surface area (Å²) in [5.41, 5.74) is 0. The number of hydrogen-bond acceptors (Lipinski definition) is 0. The minimum Gasteiger partial charge on any atom is -0.0625 e. The van der Waals surface area contributed by atoms with Crippen LogP contribution in [0.15, 0.2) is 0 Å². The van der Waals surface area contributed by atoms with E-state index in [2.05, 4.69) is 27.7 Å². The van der Waals surface area contributed by atoms with Crippen LogP contribution in [-0.2, 0) is 0 Å². The molecule has 66 valence electrons. The summed E-state index contributed by atoms with van der Waals surface area (Å²) >= 11 is 0. The van der Waals surface area contributed by atoms with Gasteiger partial charge in [0.1, 0.15) is 0 Å². The molecule has 0 aromatic rings. The summed E-state index contributed by atoms with van der Waals surface area (Å²) in [6.45, 7) is 9.56. The van der Waals surface area contributed by atoms with Crippen LogP contribution >= 0.6 is 0 Å². The van der Waals surface area contributed by atoms with Crippen LogP contribution < -0.4 is 0 Å². The first-order valence-corrected chi connectivity index (χ1v) is 5.09. The van der Waals surface area contributed by atoms with Crippen molar-refractivity contribution >= 4 is 0 Å². The van der Waals surface area contributed by atoms with E-state index >= 15 is 0 Å². The Morgan fingerprint density at radius 3 is 1.73 bits per heavy atom. The second kappa shape index (κ2) is 3.60. The Kier molecular flexibility index (Phi) is 2.98. The Morgan fingerprint density at radius 2 is 1.36 bits per heavy atom. The average molecular weight is 154 g/mol. The minimum atomic E-state index is 0.903. The first-order chi connectivity index (χ1) is 5.09. The maximum Gasteiger partial charge on any atom is -0.0386 e. The van der Waals surface area contributed by atoms with Crippen molar-refractivity contribution in [2.24, 2.45) is 23.7 Å². The molecular weight excluding hydrogens is 132 g/mol. The molecule has 0 saturated heterocycles. The third-order valence-electron chi connectivity index (χ3n) is 3.16. The first-order valence-electron chi connectivity index (χ1n) is 5.09. The van der Waals surface area contributed by atoms with Gasteiger partial charge in [-0.05, 0) is 42.9 Å². The molecule has 0 heterocycles. The fraction of sp³-hybridized carbons (Fsp3) is 1.00. The van der Waals surface area contributed by atoms with Gasteiger partial charge in [-0.25, -0.2) is 0 Å². The maximum atomic E-state index is 2.41. The summed E-state index contributed by atoms with van der Waals surface area (Å²) in [5, 5.41) is 0. The molecule has 0 aromatic heterocycles. The quantitative estimate of drug-likeness (QED) is 0.540. The van der Waals surface area contributed by atoms with Crippen LogP contribution in [0, 0.1) is 23.7 Å². The van der Waals surface area contributed by atoms with Gasteiger partial charge in [0.25, 0.3) is 0 Å². The van der Waals surface area contributed by atoms with E-state index in [9.17, 15) is 0 Å². The zero-order chi connectivity index (χ0) is 8.43. The molecule has 0 radical (unpaired) electrons. The van der Waals surface area contributed by atoms with E-state index in [4.69, 9.17) is 0 Å². The minimum absolute atomic E-state index is 0.903. The smallest absolute Gasteiger partial charge is 0.0386 e. The van der Waals surface area contributed by atoms with Crippen molar-refractivity contribution in [3.8, 4) is 0 Å². The summed E-state index contributed by atoms with van der Waals surface area (Å²) in [7, 11) is 0. The van der Waals surface area contributed by atoms with Gasteiger partial charge in [-0.3, -0.25) is 0 Å². The van der Waals surface area contributed by atoms with Gasteiger partial charge in [-0.15, -0.1) is 0 Å². The normalized spacial score (nSPS) is 39.5. The Balaban J connectivity index is 2.43. The van der Waals surface area contributed by atoms with Crippen LogP contribution in [0.5, 0.6) is 0 Å². The van der Waals surface area contributed by atoms with Gasteiger partial charge < -0.3 is 0 Å². The SMILES string of the molecule is CC(C)C1C[C@@H](C)C[C@@H](C)C1. The summed E-state index contributed by atoms with van der Waals surface area (Å²) in [5.74, 6) is 3.87. The zero-order valence-corrected chi connectivity index (χ0v) is 8.43. The van der Waals surface area contributed by atoms with Crippen LogP contribution in [0.1, 0.15) is 47.0 Å². The topological polar surface area (TPSA) is 0 Å². The molecule has 0 aliphatic heterocycles. The molecule has 0 spiro atoms. The zero-order valence-electron chi connectivity index (χ0n) is 8.43. The van der Waals surface area contributed by atoms with Crippen LogP contribution in [0.4, 0.5) is 0 Å². The number of hydrogen-bond donors (Lipinski definition) is 0. The van der Waals surface area contributed by atoms with E-state index in [1.54, 1.807) is 0 Å². The van der Waals surface area contributed by atoms with E-state index in [0.29, 0.717) is 0 Å². The molecule has 1 fully saturated rings. The van der Waals surface area contributed by atoms with Crippen molar-refractivity contribution in [1.29, 1.82) is 0 Å². The highest BCUT2D eigenvalue weighted by atomic mass is 14.3. The van der Waals surface area contributed by atoms with Gasteiger partial charge in [0.05, 0.1) is 0 Å². The lowest BCUT2D eigenvalue weighted by molar-refractivity contribution is 0.176. The molecule has 0 nitrogen and oxygen atoms in total. The Hall–Kier alpha value is 0. The lowest BCUT2D eigenvalue weighted by Crippen LogP contribution is -2.23. The fourth-order valence-corrected chi connectivity index (χ4v) is 2.55. The molecule has 1 aliphatic carbocycles. The molecule has 1 rings (SSSR count). The predicted molar refractivity (Wildman–Crippen MR) is 50.5 cm³/mol. The molecule has 0 N–H and O–H groups in total. The Morgan fingerprint density at radius 1 is 0.909 bits per heavy atom. The fourth-order valence-electron chi connectivity index (χ4n) is 2.55. The largest absolute Gasteiger partial charge is 0.0625 e. The highest BCUT2D eigenvalue weighted by Gasteiger charge is 2.25. The summed E-state index contributed by atoms with van der Waals surface area (Å²) in [6, 6.07) is 0. The molecule has 1 saturated carbocycles. The van der Waals surface area contributed by atoms with Gasteiger partial charge >= 0.3 is 0 Å². The monoisotopic (exact) mass is 154 g/mol. The standard InChI is InChI=1S/C11H22/c1-8(2)11-6-9(3)5-10(4)7-11/h8-11H,5-7H2,1-4H3/t9-,10+,11?. The summed E-state index contributed by atoms with van der Waals surface area (Å²) in [4.78, 5) is 0. The van der Waals surface area contributed by atoms with Crippen LogP contribution in [0.25, 0.3) is 0 Å². The maximum absolute atomic E-state index is 2.41. The Bertz CT molecular complexity index is 105. The van der Waals surface area contributed by atoms with Gasteiger partial charge in [0.15, 0.2) is 0 Å². The first kappa shape index (κ1) is 9.09. The summed E-state index contributed by atoms with van der Waals surface area (Å²) < 4.78 is 0. The second-order valence-corrected chi connectivity index (χ2v) is 4.92. The summed E-state index contributed by atoms with van der Waals surface area (Å²) in [6.07, 6.45) is 4.41. The predicted octanol–water partition coefficient (Wildman–Crippen LogP) is 3.71. The molecule has 0 amide bonds. The average Bonchev–Trinajstić information content (AvgIpc) is 1.85. The molecule has 0 bridgehead atoms. The molecular formula is C11H22. The lowest BCUT2D eigenvalue weighted by atomic mass is 9.72. The van der Waals surface area contributed by atoms with Crippen LogP contribution in [-0.4, -0.2) is 0 Å². The van der Waals surface area contributed by atoms with Gasteiger partial charge in [0.2, 0.25) is 0 Å². The third kappa shape index (κ3) is 2.50. The van der Waals surface area contributed by atoms with Crippen molar-refractivity contribution < 1.29 is 0 Å². The van der Waals surface area contributed by atoms with E-state index in [1.807, 2.05) is 0 Å². The van der Waals surface area contributed by atoms with E-state index < -0.39 is 0 Å².